The fraction of sp³-hybridized carbons (Fsp3) is 0.611. The quantitative estimate of drug-likeness (QED) is 0.629. The van der Waals surface area contributed by atoms with E-state index >= 15 is 0 Å². The average Bonchev–Trinajstić information content (AvgIpc) is 2.89. The van der Waals surface area contributed by atoms with E-state index in [2.05, 4.69) is 6.92 Å². The summed E-state index contributed by atoms with van der Waals surface area (Å²) >= 11 is 0. The molecule has 3 rings (SSSR count). The number of carbonyl (C=O) groups is 1. The Balaban J connectivity index is 1.76. The summed E-state index contributed by atoms with van der Waals surface area (Å²) < 4.78 is 18.0. The fourth-order valence-electron chi connectivity index (χ4n) is 4.50. The van der Waals surface area contributed by atoms with E-state index in [9.17, 15) is 4.79 Å². The van der Waals surface area contributed by atoms with Crippen molar-refractivity contribution in [1.82, 2.24) is 0 Å². The second-order valence-electron chi connectivity index (χ2n) is 7.31. The molecule has 0 saturated carbocycles. The smallest absolute Gasteiger partial charge is 0.312 e. The predicted molar refractivity (Wildman–Crippen MR) is 89.7 cm³/mol. The minimum Gasteiger partial charge on any atom is -0.461 e. The highest BCUT2D eigenvalue weighted by Gasteiger charge is 2.70. The predicted octanol–water partition coefficient (Wildman–Crippen LogP) is 1.91. The number of benzene rings is 1. The second kappa shape index (κ2) is 5.64. The maximum absolute atomic E-state index is 12.7. The molecule has 2 aliphatic heterocycles. The summed E-state index contributed by atoms with van der Waals surface area (Å²) in [4.78, 5) is 12.7. The molecule has 2 saturated heterocycles. The lowest BCUT2D eigenvalue weighted by atomic mass is 9.70. The Hall–Kier alpha value is -1.33. The zero-order chi connectivity index (χ0) is 16.8. The summed E-state index contributed by atoms with van der Waals surface area (Å²) in [5, 5.41) is 0. The molecule has 2 aliphatic rings. The zero-order valence-electron chi connectivity index (χ0n) is 14.5. The van der Waals surface area contributed by atoms with Crippen LogP contribution in [0.2, 0.25) is 0 Å². The first-order chi connectivity index (χ1) is 10.8. The molecular formula is C18H25BO4. The summed E-state index contributed by atoms with van der Waals surface area (Å²) in [6, 6.07) is 9.72. The lowest BCUT2D eigenvalue weighted by Gasteiger charge is -2.46. The van der Waals surface area contributed by atoms with Crippen molar-refractivity contribution in [2.45, 2.75) is 57.6 Å². The van der Waals surface area contributed by atoms with Crippen molar-refractivity contribution in [3.8, 4) is 0 Å². The maximum Gasteiger partial charge on any atom is 0.312 e. The van der Waals surface area contributed by atoms with Crippen molar-refractivity contribution in [1.29, 1.82) is 0 Å². The summed E-state index contributed by atoms with van der Waals surface area (Å²) in [6.45, 7) is 8.32. The molecule has 0 amide bonds. The Kier molecular flexibility index (Phi) is 4.05. The topological polar surface area (TPSA) is 44.8 Å². The second-order valence-corrected chi connectivity index (χ2v) is 7.31. The summed E-state index contributed by atoms with van der Waals surface area (Å²) in [5.41, 5.74) is -0.154. The molecule has 0 radical (unpaired) electrons. The average molecular weight is 316 g/mol. The van der Waals surface area contributed by atoms with Crippen LogP contribution in [-0.2, 0) is 25.6 Å². The van der Waals surface area contributed by atoms with E-state index < -0.39 is 11.2 Å². The van der Waals surface area contributed by atoms with Crippen LogP contribution in [0.25, 0.3) is 0 Å². The van der Waals surface area contributed by atoms with Gasteiger partial charge < -0.3 is 14.2 Å². The Bertz CT molecular complexity index is 588. The van der Waals surface area contributed by atoms with Crippen LogP contribution in [0.3, 0.4) is 0 Å². The standard InChI is InChI=1S/C18H25BO4/c1-11-14-15(19)23-18(11,17(3,4)22-14)12(2)16(20)21-10-13-8-6-5-7-9-13/h5-9,11-12,14-15H,10,19H2,1-4H3/t11?,12?,14-,15+,18+/m0/s1. The lowest BCUT2D eigenvalue weighted by molar-refractivity contribution is -0.228. The highest BCUT2D eigenvalue weighted by molar-refractivity contribution is 6.11. The van der Waals surface area contributed by atoms with Gasteiger partial charge in [-0.15, -0.1) is 0 Å². The van der Waals surface area contributed by atoms with E-state index in [1.54, 1.807) is 0 Å². The molecule has 0 N–H and O–H groups in total. The molecule has 5 atom stereocenters. The fourth-order valence-corrected chi connectivity index (χ4v) is 4.50. The van der Waals surface area contributed by atoms with Crippen molar-refractivity contribution >= 4 is 13.8 Å². The number of hydrogen-bond acceptors (Lipinski definition) is 4. The zero-order valence-corrected chi connectivity index (χ0v) is 14.5. The molecular weight excluding hydrogens is 291 g/mol. The summed E-state index contributed by atoms with van der Waals surface area (Å²) in [7, 11) is 2.01. The number of ether oxygens (including phenoxy) is 3. The van der Waals surface area contributed by atoms with E-state index in [-0.39, 0.29) is 36.5 Å². The van der Waals surface area contributed by atoms with Gasteiger partial charge in [-0.25, -0.2) is 0 Å². The van der Waals surface area contributed by atoms with Gasteiger partial charge in [-0.05, 0) is 26.3 Å². The van der Waals surface area contributed by atoms with Gasteiger partial charge in [0.25, 0.3) is 0 Å². The van der Waals surface area contributed by atoms with Gasteiger partial charge in [-0.1, -0.05) is 37.3 Å². The van der Waals surface area contributed by atoms with Gasteiger partial charge >= 0.3 is 5.97 Å². The van der Waals surface area contributed by atoms with Crippen molar-refractivity contribution in [2.75, 3.05) is 0 Å². The van der Waals surface area contributed by atoms with Crippen LogP contribution >= 0.6 is 0 Å². The molecule has 5 heteroatoms. The number of fused-ring (bicyclic) bond motifs is 2. The number of esters is 1. The first kappa shape index (κ1) is 16.5. The largest absolute Gasteiger partial charge is 0.461 e. The minimum absolute atomic E-state index is 0.00222. The van der Waals surface area contributed by atoms with Gasteiger partial charge in [0, 0.05) is 5.92 Å². The SMILES string of the molecule is B[C@@H]1O[C@@]2(C(C)C(=O)OCc3ccccc3)C(C)[C@@H]1OC2(C)C. The first-order valence-electron chi connectivity index (χ1n) is 8.36. The molecule has 2 heterocycles. The monoisotopic (exact) mass is 316 g/mol. The normalized spacial score (nSPS) is 35.9. The van der Waals surface area contributed by atoms with Crippen LogP contribution in [0.1, 0.15) is 33.3 Å². The molecule has 2 fully saturated rings. The summed E-state index contributed by atoms with van der Waals surface area (Å²) in [6.07, 6.45) is 0.0365. The number of rotatable bonds is 4. The van der Waals surface area contributed by atoms with Gasteiger partial charge in [0.15, 0.2) is 0 Å². The highest BCUT2D eigenvalue weighted by atomic mass is 16.6. The number of carbonyl (C=O) groups excluding carboxylic acids is 1. The van der Waals surface area contributed by atoms with Crippen LogP contribution in [0, 0.1) is 11.8 Å². The third-order valence-corrected chi connectivity index (χ3v) is 5.61. The maximum atomic E-state index is 12.7. The molecule has 2 unspecified atom stereocenters. The Labute approximate surface area is 138 Å². The third kappa shape index (κ3) is 2.41. The van der Waals surface area contributed by atoms with Gasteiger partial charge in [-0.2, -0.15) is 0 Å². The van der Waals surface area contributed by atoms with Crippen LogP contribution in [0.4, 0.5) is 0 Å². The molecule has 1 aromatic rings. The van der Waals surface area contributed by atoms with Crippen LogP contribution in [0.15, 0.2) is 30.3 Å². The van der Waals surface area contributed by atoms with E-state index in [1.165, 1.54) is 0 Å². The van der Waals surface area contributed by atoms with Gasteiger partial charge in [0.1, 0.15) is 20.1 Å². The molecule has 1 aromatic carbocycles. The molecule has 124 valence electrons. The van der Waals surface area contributed by atoms with Crippen LogP contribution < -0.4 is 0 Å². The lowest BCUT2D eigenvalue weighted by Crippen LogP contribution is -2.59. The molecule has 0 aromatic heterocycles. The van der Waals surface area contributed by atoms with Gasteiger partial charge in [-0.3, -0.25) is 4.79 Å². The summed E-state index contributed by atoms with van der Waals surface area (Å²) in [5.74, 6) is -0.454. The van der Waals surface area contributed by atoms with Crippen molar-refractivity contribution in [3.05, 3.63) is 35.9 Å². The van der Waals surface area contributed by atoms with E-state index in [0.717, 1.165) is 5.56 Å². The Morgan fingerprint density at radius 2 is 1.96 bits per heavy atom. The number of hydrogen-bond donors (Lipinski definition) is 0. The molecule has 2 bridgehead atoms. The molecule has 4 nitrogen and oxygen atoms in total. The van der Waals surface area contributed by atoms with E-state index in [4.69, 9.17) is 14.2 Å². The highest BCUT2D eigenvalue weighted by Crippen LogP contribution is 2.57. The Morgan fingerprint density at radius 3 is 2.52 bits per heavy atom. The van der Waals surface area contributed by atoms with Crippen molar-refractivity contribution in [2.24, 2.45) is 11.8 Å². The van der Waals surface area contributed by atoms with Crippen molar-refractivity contribution < 1.29 is 19.0 Å². The van der Waals surface area contributed by atoms with E-state index in [0.29, 0.717) is 0 Å². The molecule has 0 spiro atoms. The minimum atomic E-state index is -0.634. The Morgan fingerprint density at radius 1 is 1.30 bits per heavy atom. The van der Waals surface area contributed by atoms with Crippen LogP contribution in [0.5, 0.6) is 0 Å². The van der Waals surface area contributed by atoms with Crippen LogP contribution in [-0.4, -0.2) is 37.1 Å². The van der Waals surface area contributed by atoms with Gasteiger partial charge in [0.2, 0.25) is 0 Å². The third-order valence-electron chi connectivity index (χ3n) is 5.61. The first-order valence-corrected chi connectivity index (χ1v) is 8.36. The molecule has 0 aliphatic carbocycles. The van der Waals surface area contributed by atoms with E-state index in [1.807, 2.05) is 58.9 Å². The van der Waals surface area contributed by atoms with Crippen molar-refractivity contribution in [3.63, 3.8) is 0 Å². The van der Waals surface area contributed by atoms with Gasteiger partial charge in [0.05, 0.1) is 23.6 Å². The molecule has 23 heavy (non-hydrogen) atoms.